The lowest BCUT2D eigenvalue weighted by atomic mass is 9.99. The monoisotopic (exact) mass is 259 g/mol. The first-order valence-corrected chi connectivity index (χ1v) is 5.46. The lowest BCUT2D eigenvalue weighted by Crippen LogP contribution is -2.53. The summed E-state index contributed by atoms with van der Waals surface area (Å²) in [7, 11) is 1.23. The Morgan fingerprint density at radius 2 is 2.06 bits per heavy atom. The Morgan fingerprint density at radius 1 is 1.39 bits per heavy atom. The van der Waals surface area contributed by atoms with Crippen molar-refractivity contribution in [1.29, 1.82) is 0 Å². The highest BCUT2D eigenvalue weighted by molar-refractivity contribution is 5.82. The van der Waals surface area contributed by atoms with Crippen LogP contribution in [0.3, 0.4) is 0 Å². The first-order chi connectivity index (χ1) is 8.45. The van der Waals surface area contributed by atoms with Gasteiger partial charge in [0.1, 0.15) is 6.04 Å². The minimum Gasteiger partial charge on any atom is -0.467 e. The third kappa shape index (κ3) is 2.14. The third-order valence-corrected chi connectivity index (χ3v) is 3.01. The van der Waals surface area contributed by atoms with E-state index in [9.17, 15) is 18.0 Å². The van der Waals surface area contributed by atoms with E-state index in [4.69, 9.17) is 0 Å². The lowest BCUT2D eigenvalue weighted by molar-refractivity contribution is -0.144. The predicted octanol–water partition coefficient (Wildman–Crippen LogP) is 2.46. The van der Waals surface area contributed by atoms with E-state index in [-0.39, 0.29) is 5.69 Å². The van der Waals surface area contributed by atoms with Crippen LogP contribution in [0.15, 0.2) is 24.3 Å². The van der Waals surface area contributed by atoms with Gasteiger partial charge in [0.2, 0.25) is 0 Å². The van der Waals surface area contributed by atoms with Crippen molar-refractivity contribution in [3.63, 3.8) is 0 Å². The predicted molar refractivity (Wildman–Crippen MR) is 59.2 cm³/mol. The average molecular weight is 259 g/mol. The molecule has 0 N–H and O–H groups in total. The van der Waals surface area contributed by atoms with E-state index in [1.165, 1.54) is 30.2 Å². The van der Waals surface area contributed by atoms with Crippen molar-refractivity contribution in [3.05, 3.63) is 29.8 Å². The molecule has 0 aromatic heterocycles. The highest BCUT2D eigenvalue weighted by Crippen LogP contribution is 2.39. The number of esters is 1. The van der Waals surface area contributed by atoms with Gasteiger partial charge in [0.25, 0.3) is 0 Å². The standard InChI is InChI=1S/C12H12F3NO2/c1-18-11(17)10-6-7-16(10)9-5-3-2-4-8(9)12(13,14)15/h2-5,10H,6-7H2,1H3. The molecule has 0 bridgehead atoms. The minimum atomic E-state index is -4.42. The van der Waals surface area contributed by atoms with Crippen molar-refractivity contribution in [2.24, 2.45) is 0 Å². The third-order valence-electron chi connectivity index (χ3n) is 3.01. The zero-order valence-corrected chi connectivity index (χ0v) is 9.70. The Hall–Kier alpha value is -1.72. The van der Waals surface area contributed by atoms with E-state index in [0.29, 0.717) is 13.0 Å². The summed E-state index contributed by atoms with van der Waals surface area (Å²) in [6.07, 6.45) is -3.91. The Bertz CT molecular complexity index is 459. The van der Waals surface area contributed by atoms with Crippen LogP contribution in [0.1, 0.15) is 12.0 Å². The van der Waals surface area contributed by atoms with Crippen LogP contribution in [0, 0.1) is 0 Å². The second kappa shape index (κ2) is 4.51. The van der Waals surface area contributed by atoms with E-state index in [1.54, 1.807) is 0 Å². The van der Waals surface area contributed by atoms with Gasteiger partial charge in [-0.2, -0.15) is 13.2 Å². The molecule has 1 saturated heterocycles. The highest BCUT2D eigenvalue weighted by Gasteiger charge is 2.41. The number of hydrogen-bond donors (Lipinski definition) is 0. The summed E-state index contributed by atoms with van der Waals surface area (Å²) in [5.74, 6) is -0.502. The molecule has 18 heavy (non-hydrogen) atoms. The zero-order valence-electron chi connectivity index (χ0n) is 9.70. The molecule has 1 aromatic rings. The van der Waals surface area contributed by atoms with Crippen molar-refractivity contribution in [3.8, 4) is 0 Å². The van der Waals surface area contributed by atoms with Crippen LogP contribution >= 0.6 is 0 Å². The van der Waals surface area contributed by atoms with Crippen LogP contribution in [-0.4, -0.2) is 25.7 Å². The molecule has 3 nitrogen and oxygen atoms in total. The van der Waals surface area contributed by atoms with Gasteiger partial charge in [0.15, 0.2) is 0 Å². The molecule has 1 aromatic carbocycles. The Kier molecular flexibility index (Phi) is 3.19. The molecule has 98 valence electrons. The molecule has 2 rings (SSSR count). The molecular formula is C12H12F3NO2. The van der Waals surface area contributed by atoms with Crippen LogP contribution in [0.4, 0.5) is 18.9 Å². The van der Waals surface area contributed by atoms with Crippen molar-refractivity contribution in [2.45, 2.75) is 18.6 Å². The number of nitrogens with zero attached hydrogens (tertiary/aromatic N) is 1. The molecule has 0 aliphatic carbocycles. The van der Waals surface area contributed by atoms with Gasteiger partial charge in [0, 0.05) is 12.2 Å². The molecule has 0 amide bonds. The molecule has 6 heteroatoms. The molecule has 0 spiro atoms. The zero-order chi connectivity index (χ0) is 13.3. The molecule has 0 radical (unpaired) electrons. The first-order valence-electron chi connectivity index (χ1n) is 5.46. The molecule has 1 unspecified atom stereocenters. The summed E-state index contributed by atoms with van der Waals surface area (Å²) in [5.41, 5.74) is -0.690. The van der Waals surface area contributed by atoms with Gasteiger partial charge in [-0.05, 0) is 18.6 Å². The molecule has 0 saturated carbocycles. The van der Waals surface area contributed by atoms with Gasteiger partial charge in [-0.25, -0.2) is 4.79 Å². The molecule has 1 atom stereocenters. The number of ether oxygens (including phenoxy) is 1. The SMILES string of the molecule is COC(=O)C1CCN1c1ccccc1C(F)(F)F. The van der Waals surface area contributed by atoms with Crippen LogP contribution in [0.5, 0.6) is 0 Å². The highest BCUT2D eigenvalue weighted by atomic mass is 19.4. The fraction of sp³-hybridized carbons (Fsp3) is 0.417. The average Bonchev–Trinajstić information content (AvgIpc) is 2.26. The molecule has 1 fully saturated rings. The minimum absolute atomic E-state index is 0.0339. The fourth-order valence-corrected chi connectivity index (χ4v) is 2.02. The maximum atomic E-state index is 12.8. The van der Waals surface area contributed by atoms with Crippen LogP contribution in [0.25, 0.3) is 0 Å². The quantitative estimate of drug-likeness (QED) is 0.764. The number of carbonyl (C=O) groups excluding carboxylic acids is 1. The van der Waals surface area contributed by atoms with Crippen molar-refractivity contribution < 1.29 is 22.7 Å². The Balaban J connectivity index is 2.32. The van der Waals surface area contributed by atoms with Crippen molar-refractivity contribution in [2.75, 3.05) is 18.6 Å². The number of halogens is 3. The second-order valence-corrected chi connectivity index (χ2v) is 4.04. The van der Waals surface area contributed by atoms with E-state index in [0.717, 1.165) is 6.07 Å². The Morgan fingerprint density at radius 3 is 2.56 bits per heavy atom. The lowest BCUT2D eigenvalue weighted by Gasteiger charge is -2.41. The number of anilines is 1. The maximum absolute atomic E-state index is 12.8. The summed E-state index contributed by atoms with van der Waals surface area (Å²) in [5, 5.41) is 0. The van der Waals surface area contributed by atoms with Gasteiger partial charge in [-0.1, -0.05) is 12.1 Å². The number of para-hydroxylation sites is 1. The Labute approximate surface area is 102 Å². The van der Waals surface area contributed by atoms with Gasteiger partial charge in [0.05, 0.1) is 12.7 Å². The smallest absolute Gasteiger partial charge is 0.418 e. The number of methoxy groups -OCH3 is 1. The molecule has 1 aliphatic rings. The van der Waals surface area contributed by atoms with Crippen LogP contribution in [-0.2, 0) is 15.7 Å². The van der Waals surface area contributed by atoms with Gasteiger partial charge < -0.3 is 9.64 Å². The molecule has 1 heterocycles. The molecular weight excluding hydrogens is 247 g/mol. The van der Waals surface area contributed by atoms with E-state index < -0.39 is 23.8 Å². The molecule has 1 aliphatic heterocycles. The first kappa shape index (κ1) is 12.7. The summed E-state index contributed by atoms with van der Waals surface area (Å²) in [4.78, 5) is 12.8. The summed E-state index contributed by atoms with van der Waals surface area (Å²) in [6.45, 7) is 0.423. The number of carbonyl (C=O) groups is 1. The van der Waals surface area contributed by atoms with E-state index >= 15 is 0 Å². The summed E-state index contributed by atoms with van der Waals surface area (Å²) < 4.78 is 43.1. The largest absolute Gasteiger partial charge is 0.467 e. The number of rotatable bonds is 2. The summed E-state index contributed by atoms with van der Waals surface area (Å²) >= 11 is 0. The number of alkyl halides is 3. The van der Waals surface area contributed by atoms with E-state index in [1.807, 2.05) is 0 Å². The number of benzene rings is 1. The van der Waals surface area contributed by atoms with Gasteiger partial charge >= 0.3 is 12.1 Å². The fourth-order valence-electron chi connectivity index (χ4n) is 2.02. The van der Waals surface area contributed by atoms with E-state index in [2.05, 4.69) is 4.74 Å². The summed E-state index contributed by atoms with van der Waals surface area (Å²) in [6, 6.07) is 4.63. The second-order valence-electron chi connectivity index (χ2n) is 4.04. The van der Waals surface area contributed by atoms with Crippen LogP contribution in [0.2, 0.25) is 0 Å². The van der Waals surface area contributed by atoms with Crippen LogP contribution < -0.4 is 4.90 Å². The topological polar surface area (TPSA) is 29.5 Å². The van der Waals surface area contributed by atoms with Crippen molar-refractivity contribution >= 4 is 11.7 Å². The number of hydrogen-bond acceptors (Lipinski definition) is 3. The van der Waals surface area contributed by atoms with Gasteiger partial charge in [-0.3, -0.25) is 0 Å². The van der Waals surface area contributed by atoms with Crippen molar-refractivity contribution in [1.82, 2.24) is 0 Å². The normalized spacial score (nSPS) is 19.3. The van der Waals surface area contributed by atoms with Gasteiger partial charge in [-0.15, -0.1) is 0 Å². The maximum Gasteiger partial charge on any atom is 0.418 e.